The van der Waals surface area contributed by atoms with Gasteiger partial charge in [0, 0.05) is 12.6 Å². The lowest BCUT2D eigenvalue weighted by molar-refractivity contribution is -0.129. The van der Waals surface area contributed by atoms with Crippen molar-refractivity contribution in [3.05, 3.63) is 0 Å². The van der Waals surface area contributed by atoms with Crippen molar-refractivity contribution in [2.24, 2.45) is 5.92 Å². The van der Waals surface area contributed by atoms with Crippen LogP contribution >= 0.6 is 0 Å². The van der Waals surface area contributed by atoms with E-state index in [0.717, 1.165) is 32.4 Å². The van der Waals surface area contributed by atoms with Gasteiger partial charge in [0.1, 0.15) is 6.61 Å². The predicted octanol–water partition coefficient (Wildman–Crippen LogP) is 1.06. The maximum absolute atomic E-state index is 11.7. The molecular weight excluding hydrogens is 216 g/mol. The van der Waals surface area contributed by atoms with Gasteiger partial charge in [-0.05, 0) is 31.7 Å². The Balaban J connectivity index is 1.64. The topological polar surface area (TPSA) is 50.4 Å². The fourth-order valence-corrected chi connectivity index (χ4v) is 2.71. The molecule has 1 heterocycles. The number of piperidine rings is 1. The van der Waals surface area contributed by atoms with Gasteiger partial charge < -0.3 is 15.4 Å². The first-order valence-corrected chi connectivity index (χ1v) is 6.87. The number of hydrogen-bond donors (Lipinski definition) is 2. The van der Waals surface area contributed by atoms with Crippen LogP contribution in [0.15, 0.2) is 0 Å². The third-order valence-corrected chi connectivity index (χ3v) is 3.91. The SMILES string of the molecule is CC1CCNCC1OCC(=O)NC1CCCC1. The molecule has 1 aliphatic heterocycles. The first-order valence-electron chi connectivity index (χ1n) is 6.87. The average molecular weight is 240 g/mol. The smallest absolute Gasteiger partial charge is 0.246 e. The molecule has 2 unspecified atom stereocenters. The van der Waals surface area contributed by atoms with E-state index in [1.54, 1.807) is 0 Å². The highest BCUT2D eigenvalue weighted by atomic mass is 16.5. The van der Waals surface area contributed by atoms with E-state index in [0.29, 0.717) is 12.0 Å². The van der Waals surface area contributed by atoms with Crippen molar-refractivity contribution >= 4 is 5.91 Å². The van der Waals surface area contributed by atoms with E-state index in [-0.39, 0.29) is 18.6 Å². The second-order valence-electron chi connectivity index (χ2n) is 5.37. The lowest BCUT2D eigenvalue weighted by Gasteiger charge is -2.29. The molecular formula is C13H24N2O2. The lowest BCUT2D eigenvalue weighted by atomic mass is 9.97. The zero-order chi connectivity index (χ0) is 12.1. The summed E-state index contributed by atoms with van der Waals surface area (Å²) in [7, 11) is 0. The van der Waals surface area contributed by atoms with Crippen LogP contribution < -0.4 is 10.6 Å². The molecule has 0 bridgehead atoms. The molecule has 0 aromatic rings. The molecule has 2 atom stereocenters. The molecule has 2 fully saturated rings. The Morgan fingerprint density at radius 3 is 2.82 bits per heavy atom. The van der Waals surface area contributed by atoms with Crippen LogP contribution in [0.3, 0.4) is 0 Å². The third-order valence-electron chi connectivity index (χ3n) is 3.91. The minimum atomic E-state index is 0.0506. The van der Waals surface area contributed by atoms with E-state index in [1.165, 1.54) is 12.8 Å². The lowest BCUT2D eigenvalue weighted by Crippen LogP contribution is -2.43. The van der Waals surface area contributed by atoms with Crippen molar-refractivity contribution in [3.63, 3.8) is 0 Å². The minimum absolute atomic E-state index is 0.0506. The van der Waals surface area contributed by atoms with Crippen molar-refractivity contribution in [2.75, 3.05) is 19.7 Å². The number of nitrogens with one attached hydrogen (secondary N) is 2. The first-order chi connectivity index (χ1) is 8.25. The molecule has 4 nitrogen and oxygen atoms in total. The molecule has 98 valence electrons. The molecule has 1 saturated carbocycles. The van der Waals surface area contributed by atoms with Crippen LogP contribution in [0.25, 0.3) is 0 Å². The summed E-state index contributed by atoms with van der Waals surface area (Å²) < 4.78 is 5.69. The standard InChI is InChI=1S/C13H24N2O2/c1-10-6-7-14-8-12(10)17-9-13(16)15-11-4-2-3-5-11/h10-12,14H,2-9H2,1H3,(H,15,16). The van der Waals surface area contributed by atoms with E-state index >= 15 is 0 Å². The highest BCUT2D eigenvalue weighted by Gasteiger charge is 2.23. The molecule has 2 N–H and O–H groups in total. The zero-order valence-corrected chi connectivity index (χ0v) is 10.7. The van der Waals surface area contributed by atoms with E-state index in [2.05, 4.69) is 17.6 Å². The number of rotatable bonds is 4. The molecule has 17 heavy (non-hydrogen) atoms. The highest BCUT2D eigenvalue weighted by molar-refractivity contribution is 5.77. The van der Waals surface area contributed by atoms with Crippen molar-refractivity contribution in [2.45, 2.75) is 51.2 Å². The van der Waals surface area contributed by atoms with Gasteiger partial charge >= 0.3 is 0 Å². The Bertz CT molecular complexity index is 252. The minimum Gasteiger partial charge on any atom is -0.367 e. The summed E-state index contributed by atoms with van der Waals surface area (Å²) in [5.41, 5.74) is 0. The van der Waals surface area contributed by atoms with Gasteiger partial charge in [-0.3, -0.25) is 4.79 Å². The van der Waals surface area contributed by atoms with Crippen LogP contribution in [0.5, 0.6) is 0 Å². The van der Waals surface area contributed by atoms with E-state index in [1.807, 2.05) is 0 Å². The zero-order valence-electron chi connectivity index (χ0n) is 10.7. The molecule has 4 heteroatoms. The van der Waals surface area contributed by atoms with Crippen molar-refractivity contribution in [3.8, 4) is 0 Å². The summed E-state index contributed by atoms with van der Waals surface area (Å²) in [5, 5.41) is 6.35. The maximum Gasteiger partial charge on any atom is 0.246 e. The highest BCUT2D eigenvalue weighted by Crippen LogP contribution is 2.18. The predicted molar refractivity (Wildman–Crippen MR) is 66.8 cm³/mol. The molecule has 0 aromatic heterocycles. The summed E-state index contributed by atoms with van der Waals surface area (Å²) in [4.78, 5) is 11.7. The molecule has 2 aliphatic rings. The van der Waals surface area contributed by atoms with Crippen LogP contribution in [0.2, 0.25) is 0 Å². The second kappa shape index (κ2) is 6.36. The number of carbonyl (C=O) groups is 1. The summed E-state index contributed by atoms with van der Waals surface area (Å²) >= 11 is 0. The molecule has 0 radical (unpaired) electrons. The van der Waals surface area contributed by atoms with Crippen LogP contribution in [-0.4, -0.2) is 37.7 Å². The van der Waals surface area contributed by atoms with E-state index in [4.69, 9.17) is 4.74 Å². The van der Waals surface area contributed by atoms with Gasteiger partial charge in [0.15, 0.2) is 0 Å². The summed E-state index contributed by atoms with van der Waals surface area (Å²) in [6.45, 7) is 4.35. The monoisotopic (exact) mass is 240 g/mol. The molecule has 2 rings (SSSR count). The molecule has 1 saturated heterocycles. The van der Waals surface area contributed by atoms with Gasteiger partial charge in [-0.25, -0.2) is 0 Å². The largest absolute Gasteiger partial charge is 0.367 e. The normalized spacial score (nSPS) is 30.4. The number of hydrogen-bond acceptors (Lipinski definition) is 3. The van der Waals surface area contributed by atoms with E-state index < -0.39 is 0 Å². The molecule has 1 aliphatic carbocycles. The number of amides is 1. The maximum atomic E-state index is 11.7. The summed E-state index contributed by atoms with van der Waals surface area (Å²) in [6.07, 6.45) is 6.08. The number of ether oxygens (including phenoxy) is 1. The van der Waals surface area contributed by atoms with Crippen LogP contribution in [0.1, 0.15) is 39.0 Å². The molecule has 1 amide bonds. The molecule has 0 spiro atoms. The van der Waals surface area contributed by atoms with Gasteiger partial charge in [-0.1, -0.05) is 19.8 Å². The third kappa shape index (κ3) is 3.96. The molecule has 0 aromatic carbocycles. The van der Waals surface area contributed by atoms with Crippen molar-refractivity contribution in [1.29, 1.82) is 0 Å². The first kappa shape index (κ1) is 12.8. The Kier molecular flexibility index (Phi) is 4.80. The van der Waals surface area contributed by atoms with Crippen LogP contribution in [-0.2, 0) is 9.53 Å². The van der Waals surface area contributed by atoms with Gasteiger partial charge in [-0.15, -0.1) is 0 Å². The Hall–Kier alpha value is -0.610. The fraction of sp³-hybridized carbons (Fsp3) is 0.923. The van der Waals surface area contributed by atoms with Crippen LogP contribution in [0, 0.1) is 5.92 Å². The van der Waals surface area contributed by atoms with Gasteiger partial charge in [0.25, 0.3) is 0 Å². The summed E-state index contributed by atoms with van der Waals surface area (Å²) in [5.74, 6) is 0.602. The van der Waals surface area contributed by atoms with Crippen molar-refractivity contribution in [1.82, 2.24) is 10.6 Å². The quantitative estimate of drug-likeness (QED) is 0.772. The Labute approximate surface area is 103 Å². The van der Waals surface area contributed by atoms with E-state index in [9.17, 15) is 4.79 Å². The Morgan fingerprint density at radius 1 is 1.35 bits per heavy atom. The van der Waals surface area contributed by atoms with Gasteiger partial charge in [0.2, 0.25) is 5.91 Å². The van der Waals surface area contributed by atoms with Crippen LogP contribution in [0.4, 0.5) is 0 Å². The average Bonchev–Trinajstić information content (AvgIpc) is 2.81. The summed E-state index contributed by atoms with van der Waals surface area (Å²) in [6, 6.07) is 0.396. The van der Waals surface area contributed by atoms with Crippen molar-refractivity contribution < 1.29 is 9.53 Å². The Morgan fingerprint density at radius 2 is 2.12 bits per heavy atom. The fourth-order valence-electron chi connectivity index (χ4n) is 2.71. The van der Waals surface area contributed by atoms with Gasteiger partial charge in [-0.2, -0.15) is 0 Å². The number of carbonyl (C=O) groups excluding carboxylic acids is 1. The second-order valence-corrected chi connectivity index (χ2v) is 5.37. The van der Waals surface area contributed by atoms with Gasteiger partial charge in [0.05, 0.1) is 6.10 Å².